The molecule has 42 heavy (non-hydrogen) atoms. The lowest BCUT2D eigenvalue weighted by Gasteiger charge is -2.41. The van der Waals surface area contributed by atoms with E-state index < -0.39 is 6.04 Å². The van der Waals surface area contributed by atoms with Crippen molar-refractivity contribution in [2.75, 3.05) is 31.5 Å². The quantitative estimate of drug-likeness (QED) is 0.400. The van der Waals surface area contributed by atoms with Gasteiger partial charge in [0.05, 0.1) is 11.7 Å². The summed E-state index contributed by atoms with van der Waals surface area (Å²) in [5.41, 5.74) is 5.02. The fourth-order valence-electron chi connectivity index (χ4n) is 6.79. The molecule has 222 valence electrons. The number of benzene rings is 2. The van der Waals surface area contributed by atoms with Gasteiger partial charge in [-0.3, -0.25) is 9.89 Å². The number of piperidine rings is 2. The van der Waals surface area contributed by atoms with E-state index in [0.717, 1.165) is 65.6 Å². The van der Waals surface area contributed by atoms with Crippen LogP contribution in [0, 0.1) is 12.8 Å². The van der Waals surface area contributed by atoms with Crippen LogP contribution in [0.1, 0.15) is 55.7 Å². The lowest BCUT2D eigenvalue weighted by Crippen LogP contribution is -2.57. The number of aromatic nitrogens is 2. The second kappa shape index (κ2) is 12.0. The van der Waals surface area contributed by atoms with Crippen molar-refractivity contribution in [3.63, 3.8) is 0 Å². The van der Waals surface area contributed by atoms with Crippen LogP contribution in [0.3, 0.4) is 0 Å². The van der Waals surface area contributed by atoms with Gasteiger partial charge in [-0.25, -0.2) is 9.59 Å². The molecule has 0 saturated carbocycles. The Morgan fingerprint density at radius 1 is 1.05 bits per heavy atom. The monoisotopic (exact) mass is 571 g/mol. The summed E-state index contributed by atoms with van der Waals surface area (Å²) in [4.78, 5) is 45.8. The molecule has 1 atom stereocenters. The van der Waals surface area contributed by atoms with Gasteiger partial charge in [-0.1, -0.05) is 37.6 Å². The van der Waals surface area contributed by atoms with E-state index in [1.165, 1.54) is 0 Å². The number of H-pyrrole nitrogens is 1. The Bertz CT molecular complexity index is 1450. The Hall–Kier alpha value is -4.08. The van der Waals surface area contributed by atoms with E-state index >= 15 is 0 Å². The molecule has 1 aromatic heterocycles. The van der Waals surface area contributed by atoms with Crippen molar-refractivity contribution in [2.24, 2.45) is 5.92 Å². The highest BCUT2D eigenvalue weighted by Gasteiger charge is 2.35. The average molecular weight is 572 g/mol. The maximum atomic E-state index is 13.8. The molecule has 6 rings (SSSR count). The second-order valence-corrected chi connectivity index (χ2v) is 12.1. The van der Waals surface area contributed by atoms with Crippen molar-refractivity contribution in [1.29, 1.82) is 0 Å². The molecule has 3 aromatic rings. The third-order valence-corrected chi connectivity index (χ3v) is 9.40. The number of fused-ring (bicyclic) bond motifs is 2. The Morgan fingerprint density at radius 2 is 1.79 bits per heavy atom. The minimum atomic E-state index is -0.651. The molecule has 3 aliphatic rings. The van der Waals surface area contributed by atoms with Gasteiger partial charge in [0.1, 0.15) is 6.04 Å². The number of anilines is 1. The molecule has 3 aliphatic heterocycles. The zero-order chi connectivity index (χ0) is 29.2. The summed E-state index contributed by atoms with van der Waals surface area (Å²) in [5.74, 6) is 0.645. The number of para-hydroxylation sites is 1. The largest absolute Gasteiger partial charge is 0.341 e. The van der Waals surface area contributed by atoms with E-state index in [2.05, 4.69) is 39.9 Å². The number of urea groups is 2. The maximum Gasteiger partial charge on any atom is 0.322 e. The van der Waals surface area contributed by atoms with E-state index in [0.29, 0.717) is 44.8 Å². The minimum absolute atomic E-state index is 0.0126. The number of hydrogen-bond acceptors (Lipinski definition) is 4. The first-order valence-corrected chi connectivity index (χ1v) is 15.3. The van der Waals surface area contributed by atoms with Crippen LogP contribution in [0.4, 0.5) is 15.3 Å². The molecule has 0 spiro atoms. The van der Waals surface area contributed by atoms with Gasteiger partial charge >= 0.3 is 12.1 Å². The molecule has 0 bridgehead atoms. The summed E-state index contributed by atoms with van der Waals surface area (Å²) >= 11 is 0. The Balaban J connectivity index is 1.12. The number of nitrogens with zero attached hydrogens (tertiary/aromatic N) is 4. The molecule has 0 aliphatic carbocycles. The zero-order valence-electron chi connectivity index (χ0n) is 24.6. The zero-order valence-corrected chi connectivity index (χ0v) is 24.6. The molecule has 10 heteroatoms. The second-order valence-electron chi connectivity index (χ2n) is 12.1. The predicted octanol–water partition coefficient (Wildman–Crippen LogP) is 4.65. The lowest BCUT2D eigenvalue weighted by atomic mass is 9.93. The van der Waals surface area contributed by atoms with Crippen LogP contribution < -0.4 is 10.6 Å². The number of hydrogen-bond donors (Lipinski definition) is 3. The molecule has 4 heterocycles. The number of rotatable bonds is 6. The van der Waals surface area contributed by atoms with Crippen molar-refractivity contribution in [3.8, 4) is 0 Å². The standard InChI is InChI=1S/C32H41N7O3/c1-3-22-8-12-37(13-9-22)30(40)28(18-23-16-21(2)29-25(17-23)19-33-36-29)35-31(41)38-14-10-26(11-15-38)39-20-24-6-4-5-7-27(24)34-32(39)42/h4-7,16-17,19,22,26,28H,3,8-15,18,20H2,1-2H3,(H,33,36)(H,34,42)(H,35,41). The fraction of sp³-hybridized carbons (Fsp3) is 0.500. The van der Waals surface area contributed by atoms with Crippen molar-refractivity contribution in [2.45, 2.75) is 71.0 Å². The highest BCUT2D eigenvalue weighted by Crippen LogP contribution is 2.28. The third kappa shape index (κ3) is 5.80. The molecule has 2 fully saturated rings. The van der Waals surface area contributed by atoms with Crippen LogP contribution in [0.25, 0.3) is 10.9 Å². The molecular formula is C32H41N7O3. The number of carbonyl (C=O) groups is 3. The lowest BCUT2D eigenvalue weighted by molar-refractivity contribution is -0.134. The summed E-state index contributed by atoms with van der Waals surface area (Å²) in [6.07, 6.45) is 6.75. The third-order valence-electron chi connectivity index (χ3n) is 9.40. The average Bonchev–Trinajstić information content (AvgIpc) is 3.49. The molecule has 10 nitrogen and oxygen atoms in total. The molecule has 2 aromatic carbocycles. The summed E-state index contributed by atoms with van der Waals surface area (Å²) in [7, 11) is 0. The molecule has 0 radical (unpaired) electrons. The smallest absolute Gasteiger partial charge is 0.322 e. The van der Waals surface area contributed by atoms with Gasteiger partial charge in [-0.2, -0.15) is 5.10 Å². The summed E-state index contributed by atoms with van der Waals surface area (Å²) in [5, 5.41) is 14.3. The number of aromatic amines is 1. The number of nitrogens with one attached hydrogen (secondary N) is 3. The molecular weight excluding hydrogens is 530 g/mol. The highest BCUT2D eigenvalue weighted by atomic mass is 16.2. The molecule has 3 N–H and O–H groups in total. The SMILES string of the molecule is CCC1CCN(C(=O)C(Cc2cc(C)c3[nH]ncc3c2)NC(=O)N2CCC(N3Cc4ccccc4NC3=O)CC2)CC1. The first-order chi connectivity index (χ1) is 20.4. The fourth-order valence-corrected chi connectivity index (χ4v) is 6.79. The van der Waals surface area contributed by atoms with Crippen molar-refractivity contribution >= 4 is 34.6 Å². The number of amides is 5. The van der Waals surface area contributed by atoms with Crippen LogP contribution >= 0.6 is 0 Å². The van der Waals surface area contributed by atoms with Crippen molar-refractivity contribution in [1.82, 2.24) is 30.2 Å². The Labute approximate surface area is 246 Å². The Kier molecular flexibility index (Phi) is 8.04. The van der Waals surface area contributed by atoms with E-state index in [1.807, 2.05) is 41.0 Å². The first-order valence-electron chi connectivity index (χ1n) is 15.3. The van der Waals surface area contributed by atoms with Gasteiger partial charge in [0.15, 0.2) is 0 Å². The number of aryl methyl sites for hydroxylation is 1. The van der Waals surface area contributed by atoms with Crippen molar-refractivity contribution in [3.05, 3.63) is 59.3 Å². The van der Waals surface area contributed by atoms with E-state index in [9.17, 15) is 14.4 Å². The van der Waals surface area contributed by atoms with Gasteiger partial charge in [0.25, 0.3) is 0 Å². The van der Waals surface area contributed by atoms with Gasteiger partial charge in [0, 0.05) is 56.3 Å². The van der Waals surface area contributed by atoms with Crippen LogP contribution in [0.15, 0.2) is 42.6 Å². The molecule has 5 amide bonds. The maximum absolute atomic E-state index is 13.8. The van der Waals surface area contributed by atoms with Crippen LogP contribution in [0.2, 0.25) is 0 Å². The van der Waals surface area contributed by atoms with Gasteiger partial charge in [-0.05, 0) is 67.3 Å². The molecule has 1 unspecified atom stereocenters. The minimum Gasteiger partial charge on any atom is -0.341 e. The summed E-state index contributed by atoms with van der Waals surface area (Å²) in [6.45, 7) is 7.34. The van der Waals surface area contributed by atoms with E-state index in [-0.39, 0.29) is 24.0 Å². The predicted molar refractivity (Wildman–Crippen MR) is 162 cm³/mol. The van der Waals surface area contributed by atoms with Crippen LogP contribution in [-0.2, 0) is 17.8 Å². The van der Waals surface area contributed by atoms with Crippen LogP contribution in [0.5, 0.6) is 0 Å². The number of carbonyl (C=O) groups excluding carboxylic acids is 3. The first kappa shape index (κ1) is 28.1. The Morgan fingerprint density at radius 3 is 2.55 bits per heavy atom. The van der Waals surface area contributed by atoms with Gasteiger partial charge < -0.3 is 25.3 Å². The number of likely N-dealkylation sites (tertiary alicyclic amines) is 2. The van der Waals surface area contributed by atoms with Crippen LogP contribution in [-0.4, -0.2) is 81.1 Å². The topological polar surface area (TPSA) is 114 Å². The van der Waals surface area contributed by atoms with E-state index in [1.54, 1.807) is 11.1 Å². The highest BCUT2D eigenvalue weighted by molar-refractivity contribution is 5.92. The van der Waals surface area contributed by atoms with Gasteiger partial charge in [-0.15, -0.1) is 0 Å². The summed E-state index contributed by atoms with van der Waals surface area (Å²) in [6, 6.07) is 11.1. The van der Waals surface area contributed by atoms with E-state index in [4.69, 9.17) is 0 Å². The van der Waals surface area contributed by atoms with Gasteiger partial charge in [0.2, 0.25) is 5.91 Å². The molecule has 2 saturated heterocycles. The summed E-state index contributed by atoms with van der Waals surface area (Å²) < 4.78 is 0. The normalized spacial score (nSPS) is 19.0. The van der Waals surface area contributed by atoms with Crippen molar-refractivity contribution < 1.29 is 14.4 Å².